The van der Waals surface area contributed by atoms with Gasteiger partial charge in [0, 0.05) is 0 Å². The van der Waals surface area contributed by atoms with Gasteiger partial charge in [0.1, 0.15) is 5.75 Å². The first-order valence-electron chi connectivity index (χ1n) is 6.79. The third kappa shape index (κ3) is 2.82. The Balaban J connectivity index is 2.03. The Morgan fingerprint density at radius 2 is 1.70 bits per heavy atom. The van der Waals surface area contributed by atoms with Crippen LogP contribution in [0.15, 0.2) is 65.3 Å². The van der Waals surface area contributed by atoms with E-state index in [0.717, 1.165) is 5.01 Å². The van der Waals surface area contributed by atoms with Crippen molar-refractivity contribution in [1.29, 1.82) is 0 Å². The van der Waals surface area contributed by atoms with E-state index in [1.807, 2.05) is 0 Å². The Hall–Kier alpha value is -3.41. The molecule has 0 aromatic heterocycles. The van der Waals surface area contributed by atoms with Crippen LogP contribution in [0.2, 0.25) is 0 Å². The van der Waals surface area contributed by atoms with Crippen molar-refractivity contribution in [3.8, 4) is 5.75 Å². The quantitative estimate of drug-likeness (QED) is 0.851. The number of hydrogen-bond donors (Lipinski definition) is 2. The van der Waals surface area contributed by atoms with Crippen LogP contribution in [-0.4, -0.2) is 27.8 Å². The Labute approximate surface area is 131 Å². The van der Waals surface area contributed by atoms with Gasteiger partial charge >= 0.3 is 5.97 Å². The molecule has 0 aliphatic carbocycles. The second-order valence-corrected chi connectivity index (χ2v) is 4.86. The molecule has 23 heavy (non-hydrogen) atoms. The minimum atomic E-state index is -1.28. The van der Waals surface area contributed by atoms with Crippen LogP contribution < -0.4 is 5.01 Å². The van der Waals surface area contributed by atoms with Gasteiger partial charge in [-0.15, -0.1) is 0 Å². The highest BCUT2D eigenvalue weighted by Crippen LogP contribution is 2.25. The minimum Gasteiger partial charge on any atom is -0.508 e. The van der Waals surface area contributed by atoms with Gasteiger partial charge in [0.05, 0.1) is 11.3 Å². The number of hydrogen-bond acceptors (Lipinski definition) is 4. The van der Waals surface area contributed by atoms with E-state index in [-0.39, 0.29) is 17.0 Å². The second kappa shape index (κ2) is 5.76. The zero-order chi connectivity index (χ0) is 16.4. The van der Waals surface area contributed by atoms with Crippen LogP contribution in [0.25, 0.3) is 6.08 Å². The number of hydrazone groups is 1. The number of aromatic hydroxyl groups is 1. The number of phenolic OH excluding ortho intramolecular Hbond substituents is 1. The first-order chi connectivity index (χ1) is 11.1. The van der Waals surface area contributed by atoms with Crippen LogP contribution in [0.3, 0.4) is 0 Å². The molecule has 6 nitrogen and oxygen atoms in total. The summed E-state index contributed by atoms with van der Waals surface area (Å²) >= 11 is 0. The monoisotopic (exact) mass is 308 g/mol. The van der Waals surface area contributed by atoms with Gasteiger partial charge in [-0.05, 0) is 35.9 Å². The Kier molecular flexibility index (Phi) is 3.64. The van der Waals surface area contributed by atoms with Crippen molar-refractivity contribution in [1.82, 2.24) is 0 Å². The number of carbonyl (C=O) groups excluding carboxylic acids is 1. The molecule has 0 fully saturated rings. The number of amides is 1. The maximum atomic E-state index is 12.5. The van der Waals surface area contributed by atoms with E-state index in [1.165, 1.54) is 18.2 Å². The summed E-state index contributed by atoms with van der Waals surface area (Å²) in [5, 5.41) is 23.6. The Bertz CT molecular complexity index is 823. The minimum absolute atomic E-state index is 0.00737. The van der Waals surface area contributed by atoms with Gasteiger partial charge in [-0.1, -0.05) is 30.3 Å². The van der Waals surface area contributed by atoms with Crippen molar-refractivity contribution in [2.75, 3.05) is 5.01 Å². The molecule has 0 spiro atoms. The van der Waals surface area contributed by atoms with E-state index < -0.39 is 11.9 Å². The first kappa shape index (κ1) is 14.5. The van der Waals surface area contributed by atoms with Crippen LogP contribution in [-0.2, 0) is 9.59 Å². The lowest BCUT2D eigenvalue weighted by molar-refractivity contribution is -0.129. The lowest BCUT2D eigenvalue weighted by atomic mass is 10.1. The second-order valence-electron chi connectivity index (χ2n) is 4.86. The van der Waals surface area contributed by atoms with Gasteiger partial charge in [0.2, 0.25) is 0 Å². The summed E-state index contributed by atoms with van der Waals surface area (Å²) in [4.78, 5) is 23.9. The summed E-state index contributed by atoms with van der Waals surface area (Å²) in [7, 11) is 0. The van der Waals surface area contributed by atoms with E-state index in [9.17, 15) is 19.8 Å². The number of para-hydroxylation sites is 1. The Morgan fingerprint density at radius 3 is 2.30 bits per heavy atom. The van der Waals surface area contributed by atoms with E-state index in [4.69, 9.17) is 0 Å². The largest absolute Gasteiger partial charge is 0.508 e. The zero-order valence-electron chi connectivity index (χ0n) is 11.9. The maximum Gasteiger partial charge on any atom is 0.357 e. The molecule has 0 saturated carbocycles. The topological polar surface area (TPSA) is 90.2 Å². The first-order valence-corrected chi connectivity index (χ1v) is 6.79. The van der Waals surface area contributed by atoms with E-state index in [2.05, 4.69) is 5.10 Å². The Morgan fingerprint density at radius 1 is 1.04 bits per heavy atom. The number of phenols is 1. The van der Waals surface area contributed by atoms with Crippen molar-refractivity contribution in [2.45, 2.75) is 0 Å². The van der Waals surface area contributed by atoms with Gasteiger partial charge in [0.25, 0.3) is 5.91 Å². The summed E-state index contributed by atoms with van der Waals surface area (Å²) in [5.41, 5.74) is 0.763. The van der Waals surface area contributed by atoms with E-state index in [1.54, 1.807) is 42.5 Å². The van der Waals surface area contributed by atoms with Crippen LogP contribution in [0.5, 0.6) is 5.75 Å². The molecule has 2 aromatic carbocycles. The molecule has 1 amide bonds. The molecule has 0 unspecified atom stereocenters. The fourth-order valence-corrected chi connectivity index (χ4v) is 2.18. The number of nitrogens with zero attached hydrogens (tertiary/aromatic N) is 2. The number of aliphatic carboxylic acids is 1. The third-order valence-electron chi connectivity index (χ3n) is 3.29. The van der Waals surface area contributed by atoms with Crippen molar-refractivity contribution in [3.05, 3.63) is 65.7 Å². The number of carboxylic acids is 1. The molecule has 1 heterocycles. The summed E-state index contributed by atoms with van der Waals surface area (Å²) in [5.74, 6) is -1.70. The number of carbonyl (C=O) groups is 2. The number of carboxylic acid groups (broad SMARTS) is 1. The normalized spacial score (nSPS) is 15.8. The van der Waals surface area contributed by atoms with Crippen LogP contribution >= 0.6 is 0 Å². The number of rotatable bonds is 3. The van der Waals surface area contributed by atoms with Crippen LogP contribution in [0, 0.1) is 0 Å². The van der Waals surface area contributed by atoms with Crippen LogP contribution in [0.4, 0.5) is 5.69 Å². The molecular formula is C17H12N2O4. The molecule has 2 N–H and O–H groups in total. The standard InChI is InChI=1S/C17H12N2O4/c20-13-8-6-11(7-9-13)10-14-15(17(22)23)18-19(16(14)21)12-4-2-1-3-5-12/h1-10,20H,(H,22,23)/b14-10+. The molecule has 1 aliphatic rings. The molecule has 2 aromatic rings. The van der Waals surface area contributed by atoms with Gasteiger partial charge < -0.3 is 10.2 Å². The molecule has 1 aliphatic heterocycles. The summed E-state index contributed by atoms with van der Waals surface area (Å²) < 4.78 is 0. The molecule has 0 bridgehead atoms. The average Bonchev–Trinajstić information content (AvgIpc) is 2.88. The lowest BCUT2D eigenvalue weighted by Gasteiger charge is -2.10. The van der Waals surface area contributed by atoms with Crippen LogP contribution in [0.1, 0.15) is 5.56 Å². The molecule has 114 valence electrons. The van der Waals surface area contributed by atoms with Crippen molar-refractivity contribution < 1.29 is 19.8 Å². The lowest BCUT2D eigenvalue weighted by Crippen LogP contribution is -2.22. The summed E-state index contributed by atoms with van der Waals surface area (Å²) in [6, 6.07) is 14.7. The van der Waals surface area contributed by atoms with Gasteiger partial charge in [0.15, 0.2) is 5.71 Å². The fraction of sp³-hybridized carbons (Fsp3) is 0. The van der Waals surface area contributed by atoms with Crippen molar-refractivity contribution in [3.63, 3.8) is 0 Å². The SMILES string of the molecule is O=C(O)C1=NN(c2ccccc2)C(=O)/C1=C/c1ccc(O)cc1. The highest BCUT2D eigenvalue weighted by Gasteiger charge is 2.34. The summed E-state index contributed by atoms with van der Waals surface area (Å²) in [6.07, 6.45) is 1.44. The van der Waals surface area contributed by atoms with Crippen molar-refractivity contribution in [2.24, 2.45) is 5.10 Å². The predicted molar refractivity (Wildman–Crippen MR) is 85.1 cm³/mol. The smallest absolute Gasteiger partial charge is 0.357 e. The number of anilines is 1. The van der Waals surface area contributed by atoms with E-state index in [0.29, 0.717) is 11.3 Å². The molecule has 0 radical (unpaired) electrons. The molecule has 3 rings (SSSR count). The zero-order valence-corrected chi connectivity index (χ0v) is 11.9. The van der Waals surface area contributed by atoms with Gasteiger partial charge in [-0.2, -0.15) is 10.1 Å². The van der Waals surface area contributed by atoms with E-state index >= 15 is 0 Å². The fourth-order valence-electron chi connectivity index (χ4n) is 2.18. The van der Waals surface area contributed by atoms with Gasteiger partial charge in [-0.25, -0.2) is 4.79 Å². The molecular weight excluding hydrogens is 296 g/mol. The molecule has 0 atom stereocenters. The predicted octanol–water partition coefficient (Wildman–Crippen LogP) is 2.26. The highest BCUT2D eigenvalue weighted by atomic mass is 16.4. The summed E-state index contributed by atoms with van der Waals surface area (Å²) in [6.45, 7) is 0. The van der Waals surface area contributed by atoms with Gasteiger partial charge in [-0.3, -0.25) is 4.79 Å². The highest BCUT2D eigenvalue weighted by molar-refractivity contribution is 6.53. The number of benzene rings is 2. The van der Waals surface area contributed by atoms with Crippen molar-refractivity contribution >= 4 is 29.4 Å². The average molecular weight is 308 g/mol. The third-order valence-corrected chi connectivity index (χ3v) is 3.29. The maximum absolute atomic E-state index is 12.5. The molecule has 0 saturated heterocycles. The molecule has 6 heteroatoms.